The quantitative estimate of drug-likeness (QED) is 0.470. The third-order valence-corrected chi connectivity index (χ3v) is 5.63. The van der Waals surface area contributed by atoms with Crippen LogP contribution >= 0.6 is 12.4 Å². The molecule has 31 heavy (non-hydrogen) atoms. The highest BCUT2D eigenvalue weighted by Crippen LogP contribution is 2.34. The normalized spacial score (nSPS) is 14.6. The molecule has 168 valence electrons. The Hall–Kier alpha value is -2.57. The Balaban J connectivity index is 0.00000341. The third-order valence-electron chi connectivity index (χ3n) is 5.63. The monoisotopic (exact) mass is 446 g/mol. The Morgan fingerprint density at radius 1 is 0.968 bits per heavy atom. The first-order valence-corrected chi connectivity index (χ1v) is 10.3. The molecule has 0 fully saturated rings. The fourth-order valence-electron chi connectivity index (χ4n) is 3.86. The van der Waals surface area contributed by atoms with Crippen LogP contribution in [0.2, 0.25) is 0 Å². The van der Waals surface area contributed by atoms with E-state index < -0.39 is 5.41 Å². The number of carbonyl (C=O) groups is 2. The lowest BCUT2D eigenvalue weighted by Gasteiger charge is -2.37. The topological polar surface area (TPSA) is 67.9 Å². The van der Waals surface area contributed by atoms with Crippen LogP contribution in [0.3, 0.4) is 0 Å². The number of nitrogens with one attached hydrogen (secondary N) is 1. The summed E-state index contributed by atoms with van der Waals surface area (Å²) in [7, 11) is 3.25. The van der Waals surface area contributed by atoms with E-state index in [9.17, 15) is 9.59 Å². The molecule has 1 N–H and O–H groups in total. The summed E-state index contributed by atoms with van der Waals surface area (Å²) in [6, 6.07) is 13.3. The molecule has 2 amide bonds. The fraction of sp³-hybridized carbons (Fsp3) is 0.417. The van der Waals surface area contributed by atoms with Gasteiger partial charge < -0.3 is 14.8 Å². The third kappa shape index (κ3) is 5.20. The molecule has 1 aliphatic heterocycles. The SMILES string of the molecule is COc1ccc(CCNCCCN2C(=O)c3ccccc3C(C)(C)C2=O)cc1OC.Cl. The smallest absolute Gasteiger partial charge is 0.260 e. The molecule has 0 spiro atoms. The number of amides is 2. The Labute approximate surface area is 190 Å². The van der Waals surface area contributed by atoms with E-state index in [1.165, 1.54) is 4.90 Å². The van der Waals surface area contributed by atoms with E-state index in [2.05, 4.69) is 5.32 Å². The summed E-state index contributed by atoms with van der Waals surface area (Å²) in [6.07, 6.45) is 1.56. The number of ether oxygens (including phenoxy) is 2. The Morgan fingerprint density at radius 3 is 2.39 bits per heavy atom. The first-order chi connectivity index (χ1) is 14.4. The number of carbonyl (C=O) groups excluding carboxylic acids is 2. The Morgan fingerprint density at radius 2 is 1.68 bits per heavy atom. The molecule has 1 aliphatic rings. The Bertz CT molecular complexity index is 930. The van der Waals surface area contributed by atoms with Crippen molar-refractivity contribution in [3.05, 3.63) is 59.2 Å². The van der Waals surface area contributed by atoms with E-state index in [1.54, 1.807) is 20.3 Å². The minimum atomic E-state index is -0.689. The molecule has 0 saturated heterocycles. The first-order valence-electron chi connectivity index (χ1n) is 10.3. The van der Waals surface area contributed by atoms with Crippen LogP contribution in [0.1, 0.15) is 41.8 Å². The van der Waals surface area contributed by atoms with Gasteiger partial charge in [0.1, 0.15) is 0 Å². The van der Waals surface area contributed by atoms with Crippen molar-refractivity contribution >= 4 is 24.2 Å². The lowest BCUT2D eigenvalue weighted by atomic mass is 9.77. The fourth-order valence-corrected chi connectivity index (χ4v) is 3.86. The average Bonchev–Trinajstić information content (AvgIpc) is 2.76. The zero-order chi connectivity index (χ0) is 21.7. The van der Waals surface area contributed by atoms with Crippen LogP contribution in [0.15, 0.2) is 42.5 Å². The summed E-state index contributed by atoms with van der Waals surface area (Å²) in [5, 5.41) is 3.39. The molecule has 6 nitrogen and oxygen atoms in total. The molecule has 0 aliphatic carbocycles. The minimum absolute atomic E-state index is 0. The van der Waals surface area contributed by atoms with Gasteiger partial charge in [0.25, 0.3) is 5.91 Å². The Kier molecular flexibility index (Phi) is 8.48. The summed E-state index contributed by atoms with van der Waals surface area (Å²) >= 11 is 0. The predicted octanol–water partition coefficient (Wildman–Crippen LogP) is 3.61. The molecule has 7 heteroatoms. The largest absolute Gasteiger partial charge is 0.493 e. The van der Waals surface area contributed by atoms with Crippen LogP contribution in [0.4, 0.5) is 0 Å². The number of fused-ring (bicyclic) bond motifs is 1. The average molecular weight is 447 g/mol. The van der Waals surface area contributed by atoms with Crippen molar-refractivity contribution < 1.29 is 19.1 Å². The summed E-state index contributed by atoms with van der Waals surface area (Å²) in [5.74, 6) is 1.12. The highest BCUT2D eigenvalue weighted by atomic mass is 35.5. The molecule has 0 unspecified atom stereocenters. The lowest BCUT2D eigenvalue weighted by molar-refractivity contribution is -0.134. The number of imide groups is 1. The van der Waals surface area contributed by atoms with Crippen molar-refractivity contribution in [1.29, 1.82) is 0 Å². The van der Waals surface area contributed by atoms with E-state index >= 15 is 0 Å². The van der Waals surface area contributed by atoms with Gasteiger partial charge in [-0.3, -0.25) is 14.5 Å². The van der Waals surface area contributed by atoms with Crippen molar-refractivity contribution in [2.75, 3.05) is 33.9 Å². The molecule has 3 rings (SSSR count). The van der Waals surface area contributed by atoms with Crippen LogP contribution in [0.5, 0.6) is 11.5 Å². The minimum Gasteiger partial charge on any atom is -0.493 e. The molecule has 2 aromatic carbocycles. The number of methoxy groups -OCH3 is 2. The molecule has 1 heterocycles. The van der Waals surface area contributed by atoms with Gasteiger partial charge in [0, 0.05) is 12.1 Å². The van der Waals surface area contributed by atoms with Crippen LogP contribution in [0.25, 0.3) is 0 Å². The van der Waals surface area contributed by atoms with E-state index in [1.807, 2.05) is 50.2 Å². The number of halogens is 1. The van der Waals surface area contributed by atoms with Gasteiger partial charge >= 0.3 is 0 Å². The predicted molar refractivity (Wildman–Crippen MR) is 123 cm³/mol. The van der Waals surface area contributed by atoms with E-state index in [0.717, 1.165) is 42.1 Å². The zero-order valence-corrected chi connectivity index (χ0v) is 19.4. The van der Waals surface area contributed by atoms with Gasteiger partial charge in [-0.15, -0.1) is 12.4 Å². The summed E-state index contributed by atoms with van der Waals surface area (Å²) in [6.45, 7) is 5.71. The maximum atomic E-state index is 12.9. The summed E-state index contributed by atoms with van der Waals surface area (Å²) < 4.78 is 10.6. The van der Waals surface area contributed by atoms with Crippen LogP contribution in [-0.2, 0) is 16.6 Å². The maximum Gasteiger partial charge on any atom is 0.260 e. The van der Waals surface area contributed by atoms with Gasteiger partial charge in [0.15, 0.2) is 11.5 Å². The van der Waals surface area contributed by atoms with Gasteiger partial charge in [-0.1, -0.05) is 24.3 Å². The standard InChI is InChI=1S/C24H30N2O4.ClH/c1-24(2)19-9-6-5-8-18(19)22(27)26(23(24)28)15-7-13-25-14-12-17-10-11-20(29-3)21(16-17)30-4;/h5-6,8-11,16,25H,7,12-15H2,1-4H3;1H. The maximum absolute atomic E-state index is 12.9. The summed E-state index contributed by atoms with van der Waals surface area (Å²) in [4.78, 5) is 27.1. The van der Waals surface area contributed by atoms with Gasteiger partial charge in [0.2, 0.25) is 5.91 Å². The van der Waals surface area contributed by atoms with Crippen molar-refractivity contribution in [3.8, 4) is 11.5 Å². The molecule has 0 aromatic heterocycles. The van der Waals surface area contributed by atoms with Gasteiger partial charge in [-0.2, -0.15) is 0 Å². The van der Waals surface area contributed by atoms with Crippen molar-refractivity contribution in [3.63, 3.8) is 0 Å². The van der Waals surface area contributed by atoms with Crippen LogP contribution in [-0.4, -0.2) is 50.6 Å². The number of hydrogen-bond acceptors (Lipinski definition) is 5. The van der Waals surface area contributed by atoms with Crippen molar-refractivity contribution in [2.24, 2.45) is 0 Å². The highest BCUT2D eigenvalue weighted by molar-refractivity contribution is 6.12. The zero-order valence-electron chi connectivity index (χ0n) is 18.6. The van der Waals surface area contributed by atoms with Gasteiger partial charge in [0.05, 0.1) is 19.6 Å². The van der Waals surface area contributed by atoms with E-state index in [0.29, 0.717) is 18.5 Å². The summed E-state index contributed by atoms with van der Waals surface area (Å²) in [5.41, 5.74) is 1.90. The molecule has 2 aromatic rings. The second-order valence-corrected chi connectivity index (χ2v) is 7.98. The number of benzene rings is 2. The molecular weight excluding hydrogens is 416 g/mol. The molecule has 0 bridgehead atoms. The first kappa shape index (κ1) is 24.7. The number of hydrogen-bond donors (Lipinski definition) is 1. The molecule has 0 saturated carbocycles. The lowest BCUT2D eigenvalue weighted by Crippen LogP contribution is -2.52. The number of rotatable bonds is 9. The van der Waals surface area contributed by atoms with Gasteiger partial charge in [-0.25, -0.2) is 0 Å². The van der Waals surface area contributed by atoms with E-state index in [-0.39, 0.29) is 24.2 Å². The molecular formula is C24H31ClN2O4. The second kappa shape index (κ2) is 10.6. The second-order valence-electron chi connectivity index (χ2n) is 7.98. The van der Waals surface area contributed by atoms with Crippen LogP contribution in [0, 0.1) is 0 Å². The van der Waals surface area contributed by atoms with E-state index in [4.69, 9.17) is 9.47 Å². The molecule has 0 atom stereocenters. The number of nitrogens with zero attached hydrogens (tertiary/aromatic N) is 1. The van der Waals surface area contributed by atoms with Crippen molar-refractivity contribution in [1.82, 2.24) is 10.2 Å². The van der Waals surface area contributed by atoms with Crippen molar-refractivity contribution in [2.45, 2.75) is 32.1 Å². The van der Waals surface area contributed by atoms with Crippen LogP contribution < -0.4 is 14.8 Å². The van der Waals surface area contributed by atoms with Gasteiger partial charge in [-0.05, 0) is 69.1 Å². The molecule has 0 radical (unpaired) electrons. The highest BCUT2D eigenvalue weighted by Gasteiger charge is 2.43.